The molecule has 1 fully saturated rings. The highest BCUT2D eigenvalue weighted by atomic mass is 19.4. The van der Waals surface area contributed by atoms with Gasteiger partial charge in [-0.2, -0.15) is 13.2 Å². The van der Waals surface area contributed by atoms with Gasteiger partial charge in [0.15, 0.2) is 0 Å². The Hall–Kier alpha value is -1.99. The third kappa shape index (κ3) is 3.68. The maximum atomic E-state index is 13.1. The summed E-state index contributed by atoms with van der Waals surface area (Å²) in [7, 11) is 0. The first-order valence-corrected chi connectivity index (χ1v) is 11.9. The first kappa shape index (κ1) is 22.8. The van der Waals surface area contributed by atoms with Gasteiger partial charge in [0, 0.05) is 28.7 Å². The maximum Gasteiger partial charge on any atom is 0.417 e. The molecule has 1 spiro atoms. The number of hydrogen-bond donors (Lipinski definition) is 1. The number of alkyl halides is 3. The SMILES string of the molecule is CC(C)c1nc2c(c3c1[C@@H](c1ccc(C(F)(F)F)cn1)OC31CCCC1)C(O)CC(C)(C)C2. The lowest BCUT2D eigenvalue weighted by Crippen LogP contribution is -2.32. The normalized spacial score (nSPS) is 25.5. The minimum atomic E-state index is -4.44. The molecular weight excluding hydrogens is 429 g/mol. The predicted octanol–water partition coefficient (Wildman–Crippen LogP) is 6.51. The molecule has 3 heterocycles. The van der Waals surface area contributed by atoms with E-state index in [2.05, 4.69) is 32.7 Å². The maximum absolute atomic E-state index is 13.1. The van der Waals surface area contributed by atoms with Gasteiger partial charge in [0.05, 0.1) is 23.0 Å². The van der Waals surface area contributed by atoms with Crippen LogP contribution in [0.3, 0.4) is 0 Å². The van der Waals surface area contributed by atoms with Gasteiger partial charge < -0.3 is 9.84 Å². The molecule has 7 heteroatoms. The number of aliphatic hydroxyl groups excluding tert-OH is 1. The molecule has 0 amide bonds. The van der Waals surface area contributed by atoms with Crippen LogP contribution in [0, 0.1) is 5.41 Å². The van der Waals surface area contributed by atoms with Crippen LogP contribution in [-0.4, -0.2) is 15.1 Å². The number of nitrogens with zero attached hydrogens (tertiary/aromatic N) is 2. The lowest BCUT2D eigenvalue weighted by atomic mass is 9.70. The van der Waals surface area contributed by atoms with Gasteiger partial charge in [0.25, 0.3) is 0 Å². The van der Waals surface area contributed by atoms with Crippen LogP contribution in [0.5, 0.6) is 0 Å². The zero-order valence-electron chi connectivity index (χ0n) is 19.6. The molecule has 2 aliphatic carbocycles. The molecule has 33 heavy (non-hydrogen) atoms. The van der Waals surface area contributed by atoms with E-state index < -0.39 is 29.5 Å². The number of aliphatic hydroxyl groups is 1. The fourth-order valence-corrected chi connectivity index (χ4v) is 6.12. The Balaban J connectivity index is 1.73. The van der Waals surface area contributed by atoms with Crippen molar-refractivity contribution in [1.29, 1.82) is 0 Å². The first-order valence-electron chi connectivity index (χ1n) is 11.9. The molecule has 3 aliphatic rings. The smallest absolute Gasteiger partial charge is 0.388 e. The van der Waals surface area contributed by atoms with Crippen LogP contribution < -0.4 is 0 Å². The third-order valence-corrected chi connectivity index (χ3v) is 7.51. The van der Waals surface area contributed by atoms with Crippen molar-refractivity contribution in [2.45, 2.75) is 96.1 Å². The Kier molecular flexibility index (Phi) is 5.18. The fourth-order valence-electron chi connectivity index (χ4n) is 6.12. The summed E-state index contributed by atoms with van der Waals surface area (Å²) in [6.07, 6.45) is 0.362. The third-order valence-electron chi connectivity index (χ3n) is 7.51. The average molecular weight is 461 g/mol. The molecule has 4 nitrogen and oxygen atoms in total. The molecule has 1 saturated carbocycles. The van der Waals surface area contributed by atoms with Crippen molar-refractivity contribution in [2.24, 2.45) is 5.41 Å². The van der Waals surface area contributed by atoms with Gasteiger partial charge in [0.2, 0.25) is 0 Å². The lowest BCUT2D eigenvalue weighted by molar-refractivity contribution is -0.137. The Bertz CT molecular complexity index is 1070. The average Bonchev–Trinajstić information content (AvgIpc) is 3.31. The standard InChI is InChI=1S/C26H31F3N2O2/c1-14(2)22-20-21(19-17(31-22)11-24(3,4)12-18(19)32)25(9-5-6-10-25)33-23(20)16-8-7-15(13-30-16)26(27,28)29/h7-8,13-14,18,23,32H,5-6,9-12H2,1-4H3/t18?,23-/m1/s1. The van der Waals surface area contributed by atoms with E-state index in [0.29, 0.717) is 12.1 Å². The summed E-state index contributed by atoms with van der Waals surface area (Å²) in [4.78, 5) is 9.27. The van der Waals surface area contributed by atoms with Gasteiger partial charge >= 0.3 is 6.18 Å². The molecule has 0 saturated heterocycles. The largest absolute Gasteiger partial charge is 0.417 e. The van der Waals surface area contributed by atoms with E-state index in [1.54, 1.807) is 0 Å². The molecule has 1 unspecified atom stereocenters. The quantitative estimate of drug-likeness (QED) is 0.555. The summed E-state index contributed by atoms with van der Waals surface area (Å²) < 4.78 is 46.1. The minimum absolute atomic E-state index is 0.0570. The molecule has 2 aromatic rings. The van der Waals surface area contributed by atoms with Crippen molar-refractivity contribution in [3.05, 3.63) is 57.7 Å². The second kappa shape index (κ2) is 7.51. The van der Waals surface area contributed by atoms with Crippen LogP contribution in [0.15, 0.2) is 18.3 Å². The number of pyridine rings is 2. The van der Waals surface area contributed by atoms with Crippen LogP contribution in [0.4, 0.5) is 13.2 Å². The molecule has 0 radical (unpaired) electrons. The van der Waals surface area contributed by atoms with Crippen LogP contribution in [0.2, 0.25) is 0 Å². The number of halogens is 3. The lowest BCUT2D eigenvalue weighted by Gasteiger charge is -2.38. The molecule has 1 N–H and O–H groups in total. The van der Waals surface area contributed by atoms with Gasteiger partial charge in [0.1, 0.15) is 6.10 Å². The summed E-state index contributed by atoms with van der Waals surface area (Å²) in [6, 6.07) is 2.50. The van der Waals surface area contributed by atoms with Crippen molar-refractivity contribution in [2.75, 3.05) is 0 Å². The molecule has 178 valence electrons. The Morgan fingerprint density at radius 2 is 1.82 bits per heavy atom. The Labute approximate surface area is 192 Å². The van der Waals surface area contributed by atoms with Gasteiger partial charge in [-0.25, -0.2) is 0 Å². The number of rotatable bonds is 2. The van der Waals surface area contributed by atoms with Crippen LogP contribution in [-0.2, 0) is 22.9 Å². The van der Waals surface area contributed by atoms with E-state index in [1.165, 1.54) is 6.07 Å². The van der Waals surface area contributed by atoms with Crippen LogP contribution in [0.25, 0.3) is 0 Å². The van der Waals surface area contributed by atoms with E-state index in [-0.39, 0.29) is 11.3 Å². The van der Waals surface area contributed by atoms with Gasteiger partial charge in [-0.1, -0.05) is 40.5 Å². The number of hydrogen-bond acceptors (Lipinski definition) is 4. The van der Waals surface area contributed by atoms with Gasteiger partial charge in [-0.15, -0.1) is 0 Å². The highest BCUT2D eigenvalue weighted by Gasteiger charge is 2.53. The second-order valence-corrected chi connectivity index (χ2v) is 11.0. The molecular formula is C26H31F3N2O2. The van der Waals surface area contributed by atoms with E-state index in [1.807, 2.05) is 0 Å². The Morgan fingerprint density at radius 3 is 2.39 bits per heavy atom. The van der Waals surface area contributed by atoms with Crippen molar-refractivity contribution in [3.63, 3.8) is 0 Å². The number of fused-ring (bicyclic) bond motifs is 4. The highest BCUT2D eigenvalue weighted by Crippen LogP contribution is 2.59. The molecule has 1 aliphatic heterocycles. The minimum Gasteiger partial charge on any atom is -0.388 e. The van der Waals surface area contributed by atoms with Gasteiger partial charge in [-0.3, -0.25) is 9.97 Å². The van der Waals surface area contributed by atoms with E-state index in [9.17, 15) is 18.3 Å². The van der Waals surface area contributed by atoms with E-state index in [0.717, 1.165) is 72.4 Å². The monoisotopic (exact) mass is 460 g/mol. The summed E-state index contributed by atoms with van der Waals surface area (Å²) in [5.74, 6) is 0.100. The second-order valence-electron chi connectivity index (χ2n) is 11.0. The predicted molar refractivity (Wildman–Crippen MR) is 118 cm³/mol. The summed E-state index contributed by atoms with van der Waals surface area (Å²) in [5, 5.41) is 11.3. The summed E-state index contributed by atoms with van der Waals surface area (Å²) in [5.41, 5.74) is 3.79. The summed E-state index contributed by atoms with van der Waals surface area (Å²) >= 11 is 0. The number of aromatic nitrogens is 2. The number of ether oxygens (including phenoxy) is 1. The van der Waals surface area contributed by atoms with Crippen molar-refractivity contribution in [3.8, 4) is 0 Å². The summed E-state index contributed by atoms with van der Waals surface area (Å²) in [6.45, 7) is 8.46. The van der Waals surface area contributed by atoms with Crippen molar-refractivity contribution < 1.29 is 23.0 Å². The van der Waals surface area contributed by atoms with Gasteiger partial charge in [-0.05, 0) is 54.7 Å². The Morgan fingerprint density at radius 1 is 1.12 bits per heavy atom. The molecule has 2 atom stereocenters. The van der Waals surface area contributed by atoms with E-state index in [4.69, 9.17) is 9.72 Å². The first-order chi connectivity index (χ1) is 15.4. The highest BCUT2D eigenvalue weighted by molar-refractivity contribution is 5.54. The van der Waals surface area contributed by atoms with E-state index >= 15 is 0 Å². The zero-order chi connectivity index (χ0) is 23.8. The fraction of sp³-hybridized carbons (Fsp3) is 0.615. The van der Waals surface area contributed by atoms with Crippen molar-refractivity contribution >= 4 is 0 Å². The zero-order valence-corrected chi connectivity index (χ0v) is 19.6. The molecule has 5 rings (SSSR count). The molecule has 0 bridgehead atoms. The van der Waals surface area contributed by atoms with Crippen molar-refractivity contribution in [1.82, 2.24) is 9.97 Å². The van der Waals surface area contributed by atoms with Crippen LogP contribution >= 0.6 is 0 Å². The van der Waals surface area contributed by atoms with Crippen LogP contribution in [0.1, 0.15) is 117 Å². The molecule has 0 aromatic carbocycles. The molecule has 2 aromatic heterocycles. The topological polar surface area (TPSA) is 55.2 Å².